The van der Waals surface area contributed by atoms with Crippen LogP contribution in [0.2, 0.25) is 5.02 Å². The van der Waals surface area contributed by atoms with Crippen LogP contribution in [0.15, 0.2) is 37.1 Å². The van der Waals surface area contributed by atoms with Gasteiger partial charge < -0.3 is 29.7 Å². The number of hydrogen-bond donors (Lipinski definition) is 3. The number of amides is 4. The Kier molecular flexibility index (Phi) is 10.3. The van der Waals surface area contributed by atoms with Crippen LogP contribution in [-0.2, 0) is 29.1 Å². The zero-order chi connectivity index (χ0) is 37.7. The maximum atomic E-state index is 14.4. The molecular formula is C35H46ClN5O9S. The summed E-state index contributed by atoms with van der Waals surface area (Å²) in [5, 5.41) is 6.45. The summed E-state index contributed by atoms with van der Waals surface area (Å²) in [4.78, 5) is 60.8. The highest BCUT2D eigenvalue weighted by atomic mass is 35.5. The van der Waals surface area contributed by atoms with E-state index in [1.54, 1.807) is 59.7 Å². The van der Waals surface area contributed by atoms with Crippen molar-refractivity contribution in [2.24, 2.45) is 11.3 Å². The van der Waals surface area contributed by atoms with Gasteiger partial charge in [0.05, 0.1) is 25.1 Å². The summed E-state index contributed by atoms with van der Waals surface area (Å²) >= 11 is 6.32. The van der Waals surface area contributed by atoms with Crippen LogP contribution in [0.5, 0.6) is 11.6 Å². The Balaban J connectivity index is 1.46. The summed E-state index contributed by atoms with van der Waals surface area (Å²) in [5.41, 5.74) is -3.24. The van der Waals surface area contributed by atoms with Crippen molar-refractivity contribution in [3.05, 3.63) is 42.1 Å². The van der Waals surface area contributed by atoms with Crippen LogP contribution in [0.3, 0.4) is 0 Å². The molecule has 0 bridgehead atoms. The van der Waals surface area contributed by atoms with Gasteiger partial charge in [-0.1, -0.05) is 38.4 Å². The molecule has 5 rings (SSSR count). The molecular weight excluding hydrogens is 702 g/mol. The van der Waals surface area contributed by atoms with Crippen LogP contribution in [0.4, 0.5) is 4.79 Å². The van der Waals surface area contributed by atoms with Crippen molar-refractivity contribution in [2.45, 2.75) is 102 Å². The van der Waals surface area contributed by atoms with Gasteiger partial charge in [0.15, 0.2) is 0 Å². The minimum atomic E-state index is -3.91. The average molecular weight is 748 g/mol. The third-order valence-electron chi connectivity index (χ3n) is 9.15. The van der Waals surface area contributed by atoms with Gasteiger partial charge in [-0.05, 0) is 63.6 Å². The summed E-state index contributed by atoms with van der Waals surface area (Å²) < 4.78 is 44.7. The van der Waals surface area contributed by atoms with E-state index in [-0.39, 0.29) is 25.3 Å². The zero-order valence-electron chi connectivity index (χ0n) is 29.9. The number of hydrogen-bond acceptors (Lipinski definition) is 10. The Hall–Kier alpha value is -4.11. The van der Waals surface area contributed by atoms with E-state index in [0.717, 1.165) is 0 Å². The second-order valence-corrected chi connectivity index (χ2v) is 17.8. The number of nitrogens with zero attached hydrogens (tertiary/aromatic N) is 2. The molecule has 278 valence electrons. The number of sulfonamides is 1. The van der Waals surface area contributed by atoms with Gasteiger partial charge in [-0.25, -0.2) is 18.2 Å². The van der Waals surface area contributed by atoms with Crippen molar-refractivity contribution in [3.63, 3.8) is 0 Å². The molecule has 4 amide bonds. The number of carbonyl (C=O) groups excluding carboxylic acids is 4. The predicted molar refractivity (Wildman–Crippen MR) is 190 cm³/mol. The largest absolute Gasteiger partial charge is 0.494 e. The molecule has 5 atom stereocenters. The Labute approximate surface area is 303 Å². The molecule has 14 nitrogen and oxygen atoms in total. The number of halogens is 1. The number of pyridine rings is 1. The number of ether oxygens (including phenoxy) is 3. The van der Waals surface area contributed by atoms with Crippen molar-refractivity contribution in [2.75, 3.05) is 13.7 Å². The van der Waals surface area contributed by atoms with Gasteiger partial charge in [-0.3, -0.25) is 19.1 Å². The van der Waals surface area contributed by atoms with Gasteiger partial charge in [0.2, 0.25) is 27.7 Å². The summed E-state index contributed by atoms with van der Waals surface area (Å²) in [6, 6.07) is 2.82. The lowest BCUT2D eigenvalue weighted by molar-refractivity contribution is -0.143. The molecule has 2 heterocycles. The topological polar surface area (TPSA) is 182 Å². The second-order valence-electron chi connectivity index (χ2n) is 15.4. The fourth-order valence-corrected chi connectivity index (χ4v) is 7.75. The molecule has 3 aliphatic rings. The molecule has 2 aromatic rings. The molecule has 0 radical (unpaired) electrons. The lowest BCUT2D eigenvalue weighted by atomic mass is 9.85. The fourth-order valence-electron chi connectivity index (χ4n) is 6.21. The van der Waals surface area contributed by atoms with Gasteiger partial charge in [0, 0.05) is 28.1 Å². The minimum absolute atomic E-state index is 0.0204. The zero-order valence-corrected chi connectivity index (χ0v) is 31.4. The molecule has 2 saturated carbocycles. The summed E-state index contributed by atoms with van der Waals surface area (Å²) in [6.07, 6.45) is 2.40. The van der Waals surface area contributed by atoms with Crippen molar-refractivity contribution < 1.29 is 41.8 Å². The number of alkyl carbamates (subject to hydrolysis) is 1. The quantitative estimate of drug-likeness (QED) is 0.286. The van der Waals surface area contributed by atoms with Gasteiger partial charge in [0.25, 0.3) is 5.91 Å². The summed E-state index contributed by atoms with van der Waals surface area (Å²) in [5.74, 6) is -1.99. The highest BCUT2D eigenvalue weighted by Gasteiger charge is 2.62. The molecule has 1 unspecified atom stereocenters. The Bertz CT molecular complexity index is 1850. The number of likely N-dealkylation sites (tertiary alicyclic amines) is 1. The number of aromatic nitrogens is 1. The average Bonchev–Trinajstić information content (AvgIpc) is 3.95. The van der Waals surface area contributed by atoms with Crippen LogP contribution >= 0.6 is 11.6 Å². The molecule has 2 aliphatic carbocycles. The maximum absolute atomic E-state index is 14.4. The number of carbonyl (C=O) groups is 4. The van der Waals surface area contributed by atoms with Gasteiger partial charge in [0.1, 0.15) is 35.1 Å². The maximum Gasteiger partial charge on any atom is 0.408 e. The van der Waals surface area contributed by atoms with Gasteiger partial charge in [-0.2, -0.15) is 0 Å². The highest BCUT2D eigenvalue weighted by molar-refractivity contribution is 7.91. The predicted octanol–water partition coefficient (Wildman–Crippen LogP) is 3.85. The molecule has 0 spiro atoms. The van der Waals surface area contributed by atoms with Crippen LogP contribution in [0, 0.1) is 11.3 Å². The van der Waals surface area contributed by atoms with E-state index in [1.165, 1.54) is 24.3 Å². The number of benzene rings is 1. The van der Waals surface area contributed by atoms with Gasteiger partial charge in [-0.15, -0.1) is 6.58 Å². The number of rotatable bonds is 11. The van der Waals surface area contributed by atoms with Crippen LogP contribution in [0.1, 0.15) is 67.2 Å². The van der Waals surface area contributed by atoms with Crippen LogP contribution < -0.4 is 24.8 Å². The molecule has 3 N–H and O–H groups in total. The first-order valence-corrected chi connectivity index (χ1v) is 18.7. The standard InChI is InChI=1S/C35H46ClN5O9S/c1-9-19-16-35(19,31(44)40-51(46,47)22-11-12-22)39-28(42)25-15-21(49-29-24-14-20(36)10-13-23(24)26(48-8)17-37-29)18-41(25)30(43)27(33(2,3)4)38-32(45)50-34(5,6)7/h9-10,13-14,17,19,21-22,25,27H,1,11-12,15-16,18H2,2-8H3,(H,38,45)(H,39,42)(H,40,44)/t19-,21-,25?,27-,35-/m1/s1. The monoisotopic (exact) mass is 747 g/mol. The molecule has 51 heavy (non-hydrogen) atoms. The first-order valence-electron chi connectivity index (χ1n) is 16.8. The smallest absolute Gasteiger partial charge is 0.408 e. The van der Waals surface area contributed by atoms with Crippen molar-refractivity contribution in [3.8, 4) is 11.6 Å². The third kappa shape index (κ3) is 8.35. The van der Waals surface area contributed by atoms with E-state index in [4.69, 9.17) is 25.8 Å². The Morgan fingerprint density at radius 2 is 1.80 bits per heavy atom. The van der Waals surface area contributed by atoms with E-state index in [9.17, 15) is 27.6 Å². The molecule has 1 saturated heterocycles. The number of nitrogens with one attached hydrogen (secondary N) is 3. The molecule has 1 aliphatic heterocycles. The summed E-state index contributed by atoms with van der Waals surface area (Å²) in [7, 11) is -2.40. The third-order valence-corrected chi connectivity index (χ3v) is 11.2. The van der Waals surface area contributed by atoms with E-state index < -0.39 is 79.7 Å². The number of fused-ring (bicyclic) bond motifs is 1. The Morgan fingerprint density at radius 3 is 2.37 bits per heavy atom. The first kappa shape index (κ1) is 38.1. The molecule has 1 aromatic carbocycles. The lowest BCUT2D eigenvalue weighted by Gasteiger charge is -2.36. The van der Waals surface area contributed by atoms with E-state index >= 15 is 0 Å². The minimum Gasteiger partial charge on any atom is -0.494 e. The van der Waals surface area contributed by atoms with Gasteiger partial charge >= 0.3 is 6.09 Å². The van der Waals surface area contributed by atoms with E-state index in [0.29, 0.717) is 34.4 Å². The van der Waals surface area contributed by atoms with Crippen molar-refractivity contribution in [1.82, 2.24) is 25.2 Å². The fraction of sp³-hybridized carbons (Fsp3) is 0.571. The van der Waals surface area contributed by atoms with Crippen molar-refractivity contribution in [1.29, 1.82) is 0 Å². The Morgan fingerprint density at radius 1 is 1.12 bits per heavy atom. The van der Waals surface area contributed by atoms with Crippen LogP contribution in [-0.4, -0.2) is 90.3 Å². The lowest BCUT2D eigenvalue weighted by Crippen LogP contribution is -2.60. The van der Waals surface area contributed by atoms with Crippen molar-refractivity contribution >= 4 is 56.2 Å². The normalized spacial score (nSPS) is 23.9. The number of methoxy groups -OCH3 is 1. The van der Waals surface area contributed by atoms with E-state index in [2.05, 4.69) is 26.9 Å². The second kappa shape index (κ2) is 13.8. The van der Waals surface area contributed by atoms with E-state index in [1.807, 2.05) is 0 Å². The molecule has 3 fully saturated rings. The van der Waals surface area contributed by atoms with Crippen LogP contribution in [0.25, 0.3) is 10.8 Å². The molecule has 16 heteroatoms. The molecule has 1 aromatic heterocycles. The highest BCUT2D eigenvalue weighted by Crippen LogP contribution is 2.45. The SMILES string of the molecule is C=C[C@@H]1C[C@]1(NC(=O)C1C[C@@H](Oc2ncc(OC)c3ccc(Cl)cc23)CN1C(=O)[C@@H](NC(=O)OC(C)(C)C)C(C)(C)C)C(=O)NS(=O)(=O)C1CC1. The first-order chi connectivity index (χ1) is 23.7. The summed E-state index contributed by atoms with van der Waals surface area (Å²) in [6.45, 7) is 14.1.